The second-order valence-corrected chi connectivity index (χ2v) is 7.76. The monoisotopic (exact) mass is 450 g/mol. The van der Waals surface area contributed by atoms with Crippen molar-refractivity contribution < 1.29 is 14.3 Å². The lowest BCUT2D eigenvalue weighted by Gasteiger charge is -2.17. The molecule has 1 unspecified atom stereocenters. The maximum Gasteiger partial charge on any atom is 0.254 e. The van der Waals surface area contributed by atoms with E-state index in [-0.39, 0.29) is 23.9 Å². The molecule has 8 nitrogen and oxygen atoms in total. The quantitative estimate of drug-likeness (QED) is 0.487. The van der Waals surface area contributed by atoms with Crippen molar-refractivity contribution in [3.8, 4) is 22.9 Å². The number of amides is 1. The Morgan fingerprint density at radius 3 is 2.61 bits per heavy atom. The largest absolute Gasteiger partial charge is 0.493 e. The topological polar surface area (TPSA) is 106 Å². The standard InChI is InChI=1S/C25H30N4O4/c1-5-14-33-21-8-6-19(15-22(21)32-4)16(2)27-23(30)9-7-20-17(3)28-24(29-25(20)31)18-10-12-26-13-11-18/h6,8,10-13,15-16H,5,7,9,14H2,1-4H3,(H,27,30)(H,28,29,31). The summed E-state index contributed by atoms with van der Waals surface area (Å²) in [6.07, 6.45) is 4.67. The summed E-state index contributed by atoms with van der Waals surface area (Å²) >= 11 is 0. The number of carbonyl (C=O) groups is 1. The van der Waals surface area contributed by atoms with E-state index < -0.39 is 0 Å². The van der Waals surface area contributed by atoms with Crippen LogP contribution in [0.5, 0.6) is 11.5 Å². The van der Waals surface area contributed by atoms with Gasteiger partial charge in [0.05, 0.1) is 19.8 Å². The van der Waals surface area contributed by atoms with Crippen LogP contribution in [0.1, 0.15) is 49.6 Å². The van der Waals surface area contributed by atoms with Crippen LogP contribution in [-0.4, -0.2) is 34.6 Å². The first kappa shape index (κ1) is 24.0. The van der Waals surface area contributed by atoms with Crippen molar-refractivity contribution in [3.63, 3.8) is 0 Å². The fourth-order valence-corrected chi connectivity index (χ4v) is 3.47. The summed E-state index contributed by atoms with van der Waals surface area (Å²) < 4.78 is 11.1. The summed E-state index contributed by atoms with van der Waals surface area (Å²) in [5.74, 6) is 1.65. The molecule has 174 valence electrons. The fraction of sp³-hybridized carbons (Fsp3) is 0.360. The molecule has 2 heterocycles. The molecule has 1 aromatic carbocycles. The summed E-state index contributed by atoms with van der Waals surface area (Å²) in [5.41, 5.74) is 2.57. The molecule has 8 heteroatoms. The zero-order valence-electron chi connectivity index (χ0n) is 19.5. The predicted molar refractivity (Wildman–Crippen MR) is 126 cm³/mol. The normalized spacial score (nSPS) is 11.6. The molecule has 0 aliphatic carbocycles. The van der Waals surface area contributed by atoms with Crippen molar-refractivity contribution in [1.82, 2.24) is 20.3 Å². The van der Waals surface area contributed by atoms with Gasteiger partial charge >= 0.3 is 0 Å². The third-order valence-corrected chi connectivity index (χ3v) is 5.30. The van der Waals surface area contributed by atoms with Crippen LogP contribution in [0.15, 0.2) is 47.5 Å². The molecule has 0 aliphatic rings. The minimum absolute atomic E-state index is 0.148. The van der Waals surface area contributed by atoms with E-state index in [0.29, 0.717) is 41.6 Å². The molecule has 0 bridgehead atoms. The lowest BCUT2D eigenvalue weighted by atomic mass is 10.1. The van der Waals surface area contributed by atoms with Crippen LogP contribution in [0, 0.1) is 6.92 Å². The van der Waals surface area contributed by atoms with Gasteiger partial charge in [-0.1, -0.05) is 13.0 Å². The Hall–Kier alpha value is -3.68. The van der Waals surface area contributed by atoms with Gasteiger partial charge in [-0.25, -0.2) is 4.98 Å². The number of H-pyrrole nitrogens is 1. The number of hydrogen-bond donors (Lipinski definition) is 2. The highest BCUT2D eigenvalue weighted by Crippen LogP contribution is 2.30. The smallest absolute Gasteiger partial charge is 0.254 e. The molecule has 0 radical (unpaired) electrons. The maximum atomic E-state index is 12.6. The van der Waals surface area contributed by atoms with Crippen LogP contribution >= 0.6 is 0 Å². The number of nitrogens with zero attached hydrogens (tertiary/aromatic N) is 2. The van der Waals surface area contributed by atoms with Crippen LogP contribution in [0.3, 0.4) is 0 Å². The van der Waals surface area contributed by atoms with Gasteiger partial charge in [0.1, 0.15) is 5.82 Å². The van der Waals surface area contributed by atoms with E-state index in [9.17, 15) is 9.59 Å². The molecule has 2 N–H and O–H groups in total. The van der Waals surface area contributed by atoms with Crippen molar-refractivity contribution in [1.29, 1.82) is 0 Å². The Bertz CT molecular complexity index is 1140. The predicted octanol–water partition coefficient (Wildman–Crippen LogP) is 3.75. The minimum atomic E-state index is -0.234. The summed E-state index contributed by atoms with van der Waals surface area (Å²) in [5, 5.41) is 2.98. The van der Waals surface area contributed by atoms with Crippen LogP contribution in [-0.2, 0) is 11.2 Å². The number of ether oxygens (including phenoxy) is 2. The van der Waals surface area contributed by atoms with Gasteiger partial charge in [0, 0.05) is 35.6 Å². The lowest BCUT2D eigenvalue weighted by molar-refractivity contribution is -0.121. The number of hydrogen-bond acceptors (Lipinski definition) is 6. The van der Waals surface area contributed by atoms with Crippen LogP contribution < -0.4 is 20.3 Å². The molecule has 0 fully saturated rings. The Balaban J connectivity index is 1.63. The molecular weight excluding hydrogens is 420 g/mol. The highest BCUT2D eigenvalue weighted by atomic mass is 16.5. The third kappa shape index (κ3) is 6.19. The van der Waals surface area contributed by atoms with E-state index in [1.54, 1.807) is 38.6 Å². The van der Waals surface area contributed by atoms with Gasteiger partial charge in [-0.15, -0.1) is 0 Å². The van der Waals surface area contributed by atoms with E-state index in [1.165, 1.54) is 0 Å². The van der Waals surface area contributed by atoms with Gasteiger partial charge in [0.2, 0.25) is 5.91 Å². The van der Waals surface area contributed by atoms with E-state index >= 15 is 0 Å². The first-order valence-corrected chi connectivity index (χ1v) is 11.0. The molecule has 0 aliphatic heterocycles. The van der Waals surface area contributed by atoms with Gasteiger partial charge in [-0.05, 0) is 56.5 Å². The Morgan fingerprint density at radius 1 is 1.18 bits per heavy atom. The van der Waals surface area contributed by atoms with Crippen molar-refractivity contribution in [2.24, 2.45) is 0 Å². The van der Waals surface area contributed by atoms with Crippen molar-refractivity contribution >= 4 is 5.91 Å². The van der Waals surface area contributed by atoms with Crippen molar-refractivity contribution in [2.45, 2.75) is 46.1 Å². The van der Waals surface area contributed by atoms with Crippen molar-refractivity contribution in [3.05, 3.63) is 69.9 Å². The van der Waals surface area contributed by atoms with Gasteiger partial charge in [-0.3, -0.25) is 14.6 Å². The fourth-order valence-electron chi connectivity index (χ4n) is 3.47. The summed E-state index contributed by atoms with van der Waals surface area (Å²) in [6.45, 7) is 6.34. The summed E-state index contributed by atoms with van der Waals surface area (Å²) in [7, 11) is 1.59. The van der Waals surface area contributed by atoms with Gasteiger partial charge in [-0.2, -0.15) is 0 Å². The Morgan fingerprint density at radius 2 is 1.94 bits per heavy atom. The van der Waals surface area contributed by atoms with Crippen LogP contribution in [0.4, 0.5) is 0 Å². The van der Waals surface area contributed by atoms with Gasteiger partial charge in [0.25, 0.3) is 5.56 Å². The third-order valence-electron chi connectivity index (χ3n) is 5.30. The number of aromatic nitrogens is 3. The van der Waals surface area contributed by atoms with Crippen molar-refractivity contribution in [2.75, 3.05) is 13.7 Å². The SMILES string of the molecule is CCCOc1ccc(C(C)NC(=O)CCc2c(C)nc(-c3ccncc3)[nH]c2=O)cc1OC. The number of rotatable bonds is 10. The van der Waals surface area contributed by atoms with Crippen LogP contribution in [0.25, 0.3) is 11.4 Å². The number of methoxy groups -OCH3 is 1. The maximum absolute atomic E-state index is 12.6. The molecule has 1 amide bonds. The van der Waals surface area contributed by atoms with Crippen LogP contribution in [0.2, 0.25) is 0 Å². The molecule has 3 aromatic rings. The molecular formula is C25H30N4O4. The van der Waals surface area contributed by atoms with Gasteiger partial charge in [0.15, 0.2) is 11.5 Å². The van der Waals surface area contributed by atoms with E-state index in [2.05, 4.69) is 20.3 Å². The second-order valence-electron chi connectivity index (χ2n) is 7.76. The number of aryl methyl sites for hydroxylation is 1. The molecule has 33 heavy (non-hydrogen) atoms. The highest BCUT2D eigenvalue weighted by molar-refractivity contribution is 5.76. The molecule has 0 saturated heterocycles. The Labute approximate surface area is 193 Å². The molecule has 2 aromatic heterocycles. The summed E-state index contributed by atoms with van der Waals surface area (Å²) in [4.78, 5) is 36.4. The average Bonchev–Trinajstić information content (AvgIpc) is 2.82. The molecule has 1 atom stereocenters. The molecule has 0 spiro atoms. The van der Waals surface area contributed by atoms with E-state index in [0.717, 1.165) is 17.5 Å². The minimum Gasteiger partial charge on any atom is -0.493 e. The first-order chi connectivity index (χ1) is 15.9. The number of nitrogens with one attached hydrogen (secondary N) is 2. The van der Waals surface area contributed by atoms with E-state index in [4.69, 9.17) is 9.47 Å². The Kier molecular flexibility index (Phi) is 8.18. The molecule has 0 saturated carbocycles. The number of aromatic amines is 1. The second kappa shape index (κ2) is 11.3. The van der Waals surface area contributed by atoms with Gasteiger partial charge < -0.3 is 19.8 Å². The summed E-state index contributed by atoms with van der Waals surface area (Å²) in [6, 6.07) is 8.97. The molecule has 3 rings (SSSR count). The first-order valence-electron chi connectivity index (χ1n) is 11.0. The zero-order chi connectivity index (χ0) is 23.8. The number of pyridine rings is 1. The number of carbonyl (C=O) groups excluding carboxylic acids is 1. The highest BCUT2D eigenvalue weighted by Gasteiger charge is 2.15. The van der Waals surface area contributed by atoms with E-state index in [1.807, 2.05) is 32.0 Å². The zero-order valence-corrected chi connectivity index (χ0v) is 19.5. The average molecular weight is 451 g/mol. The lowest BCUT2D eigenvalue weighted by Crippen LogP contribution is -2.28. The number of benzene rings is 1.